The van der Waals surface area contributed by atoms with Crippen LogP contribution in [-0.2, 0) is 0 Å². The monoisotopic (exact) mass is 242 g/mol. The van der Waals surface area contributed by atoms with E-state index in [0.29, 0.717) is 5.65 Å². The predicted molar refractivity (Wildman–Crippen MR) is 66.1 cm³/mol. The average molecular weight is 242 g/mol. The van der Waals surface area contributed by atoms with Crippen LogP contribution < -0.4 is 4.90 Å². The molecule has 1 fully saturated rings. The van der Waals surface area contributed by atoms with Crippen LogP contribution in [0.4, 0.5) is 5.82 Å². The summed E-state index contributed by atoms with van der Waals surface area (Å²) in [5.74, 6) is 2.53. The van der Waals surface area contributed by atoms with Crippen molar-refractivity contribution in [1.82, 2.24) is 25.3 Å². The van der Waals surface area contributed by atoms with Gasteiger partial charge in [0.25, 0.3) is 0 Å². The zero-order valence-electron chi connectivity index (χ0n) is 9.98. The first-order chi connectivity index (χ1) is 8.90. The summed E-state index contributed by atoms with van der Waals surface area (Å²) in [4.78, 5) is 2.35. The minimum absolute atomic E-state index is 0.692. The van der Waals surface area contributed by atoms with E-state index in [1.54, 1.807) is 0 Å². The highest BCUT2D eigenvalue weighted by molar-refractivity contribution is 5.45. The Labute approximate surface area is 104 Å². The van der Waals surface area contributed by atoms with Crippen molar-refractivity contribution in [3.8, 4) is 0 Å². The molecule has 4 rings (SSSR count). The molecule has 0 bridgehead atoms. The lowest BCUT2D eigenvalue weighted by Gasteiger charge is -2.17. The molecule has 2 atom stereocenters. The molecule has 2 unspecified atom stereocenters. The molecule has 6 heteroatoms. The molecular weight excluding hydrogens is 228 g/mol. The molecule has 2 aliphatic rings. The van der Waals surface area contributed by atoms with Crippen molar-refractivity contribution >= 4 is 11.5 Å². The fourth-order valence-corrected chi connectivity index (χ4v) is 3.01. The van der Waals surface area contributed by atoms with Crippen molar-refractivity contribution in [2.75, 3.05) is 18.0 Å². The Balaban J connectivity index is 1.63. The first-order valence-electron chi connectivity index (χ1n) is 6.35. The first kappa shape index (κ1) is 9.99. The van der Waals surface area contributed by atoms with Crippen LogP contribution in [0, 0.1) is 11.8 Å². The fourth-order valence-electron chi connectivity index (χ4n) is 3.01. The Morgan fingerprint density at radius 2 is 1.83 bits per heavy atom. The third-order valence-electron chi connectivity index (χ3n) is 4.00. The van der Waals surface area contributed by atoms with Gasteiger partial charge in [-0.1, -0.05) is 12.2 Å². The van der Waals surface area contributed by atoms with E-state index in [0.717, 1.165) is 30.7 Å². The summed E-state index contributed by atoms with van der Waals surface area (Å²) in [6, 6.07) is 3.93. The maximum Gasteiger partial charge on any atom is 0.200 e. The van der Waals surface area contributed by atoms with Gasteiger partial charge in [0.15, 0.2) is 11.5 Å². The smallest absolute Gasteiger partial charge is 0.200 e. The number of fused-ring (bicyclic) bond motifs is 2. The van der Waals surface area contributed by atoms with Gasteiger partial charge in [-0.2, -0.15) is 0 Å². The average Bonchev–Trinajstić information content (AvgIpc) is 3.04. The second-order valence-corrected chi connectivity index (χ2v) is 5.09. The van der Waals surface area contributed by atoms with Gasteiger partial charge in [0, 0.05) is 13.1 Å². The molecule has 1 saturated heterocycles. The summed E-state index contributed by atoms with van der Waals surface area (Å²) in [5.41, 5.74) is 0.692. The van der Waals surface area contributed by atoms with E-state index in [-0.39, 0.29) is 0 Å². The van der Waals surface area contributed by atoms with Crippen LogP contribution in [0.5, 0.6) is 0 Å². The highest BCUT2D eigenvalue weighted by atomic mass is 15.6. The summed E-state index contributed by atoms with van der Waals surface area (Å²) in [5, 5.41) is 15.8. The van der Waals surface area contributed by atoms with Crippen molar-refractivity contribution in [1.29, 1.82) is 0 Å². The van der Waals surface area contributed by atoms with Gasteiger partial charge in [-0.15, -0.1) is 14.8 Å². The van der Waals surface area contributed by atoms with Crippen LogP contribution in [0.1, 0.15) is 12.8 Å². The molecular formula is C12H14N6. The maximum atomic E-state index is 4.46. The fraction of sp³-hybridized carbons (Fsp3) is 0.500. The number of anilines is 1. The van der Waals surface area contributed by atoms with Crippen LogP contribution in [0.2, 0.25) is 0 Å². The third-order valence-corrected chi connectivity index (χ3v) is 4.00. The SMILES string of the molecule is C1=CCC2CN(c3ccc4nnnn4n3)CC2C1. The quantitative estimate of drug-likeness (QED) is 0.696. The van der Waals surface area contributed by atoms with Gasteiger partial charge in [-0.3, -0.25) is 0 Å². The van der Waals surface area contributed by atoms with E-state index in [1.807, 2.05) is 12.1 Å². The maximum absolute atomic E-state index is 4.46. The lowest BCUT2D eigenvalue weighted by atomic mass is 9.86. The topological polar surface area (TPSA) is 59.2 Å². The van der Waals surface area contributed by atoms with Gasteiger partial charge in [0.2, 0.25) is 0 Å². The molecule has 92 valence electrons. The summed E-state index contributed by atoms with van der Waals surface area (Å²) >= 11 is 0. The summed E-state index contributed by atoms with van der Waals surface area (Å²) in [6.07, 6.45) is 7.02. The highest BCUT2D eigenvalue weighted by Crippen LogP contribution is 2.34. The second-order valence-electron chi connectivity index (χ2n) is 5.09. The van der Waals surface area contributed by atoms with Gasteiger partial charge in [-0.05, 0) is 47.2 Å². The predicted octanol–water partition coefficient (Wildman–Crippen LogP) is 0.922. The van der Waals surface area contributed by atoms with Gasteiger partial charge in [0.1, 0.15) is 0 Å². The minimum Gasteiger partial charge on any atom is -0.355 e. The molecule has 0 amide bonds. The number of hydrogen-bond donors (Lipinski definition) is 0. The van der Waals surface area contributed by atoms with Crippen LogP contribution in [0.25, 0.3) is 5.65 Å². The number of tetrazole rings is 1. The van der Waals surface area contributed by atoms with Gasteiger partial charge >= 0.3 is 0 Å². The Hall–Kier alpha value is -1.98. The Morgan fingerprint density at radius 1 is 1.06 bits per heavy atom. The molecule has 0 radical (unpaired) electrons. The number of hydrogen-bond acceptors (Lipinski definition) is 5. The number of aromatic nitrogens is 5. The van der Waals surface area contributed by atoms with Gasteiger partial charge in [0.05, 0.1) is 0 Å². The lowest BCUT2D eigenvalue weighted by Crippen LogP contribution is -2.22. The minimum atomic E-state index is 0.692. The van der Waals surface area contributed by atoms with E-state index in [4.69, 9.17) is 0 Å². The van der Waals surface area contributed by atoms with E-state index >= 15 is 0 Å². The zero-order valence-corrected chi connectivity index (χ0v) is 9.98. The summed E-state index contributed by atoms with van der Waals surface area (Å²) < 4.78 is 1.50. The van der Waals surface area contributed by atoms with Crippen LogP contribution in [-0.4, -0.2) is 38.3 Å². The zero-order chi connectivity index (χ0) is 11.9. The molecule has 1 aliphatic carbocycles. The summed E-state index contributed by atoms with van der Waals surface area (Å²) in [6.45, 7) is 2.19. The van der Waals surface area contributed by atoms with Crippen LogP contribution in [0.3, 0.4) is 0 Å². The largest absolute Gasteiger partial charge is 0.355 e. The number of allylic oxidation sites excluding steroid dienone is 2. The van der Waals surface area contributed by atoms with E-state index in [1.165, 1.54) is 17.5 Å². The standard InChI is InChI=1S/C12H14N6/c1-2-4-10-8-17(7-9(10)3-1)12-6-5-11-13-15-16-18(11)14-12/h1-2,5-6,9-10H,3-4,7-8H2. The first-order valence-corrected chi connectivity index (χ1v) is 6.35. The van der Waals surface area contributed by atoms with Crippen molar-refractivity contribution in [3.05, 3.63) is 24.3 Å². The van der Waals surface area contributed by atoms with Gasteiger partial charge in [-0.25, -0.2) is 0 Å². The molecule has 2 aromatic heterocycles. The van der Waals surface area contributed by atoms with Crippen molar-refractivity contribution in [2.24, 2.45) is 11.8 Å². The van der Waals surface area contributed by atoms with Crippen molar-refractivity contribution < 1.29 is 0 Å². The van der Waals surface area contributed by atoms with Crippen LogP contribution >= 0.6 is 0 Å². The van der Waals surface area contributed by atoms with Crippen molar-refractivity contribution in [3.63, 3.8) is 0 Å². The Morgan fingerprint density at radius 3 is 2.61 bits per heavy atom. The molecule has 18 heavy (non-hydrogen) atoms. The van der Waals surface area contributed by atoms with Crippen molar-refractivity contribution in [2.45, 2.75) is 12.8 Å². The molecule has 0 N–H and O–H groups in total. The Bertz CT molecular complexity index is 587. The second kappa shape index (κ2) is 3.76. The molecule has 2 aromatic rings. The lowest BCUT2D eigenvalue weighted by molar-refractivity contribution is 0.411. The molecule has 6 nitrogen and oxygen atoms in total. The number of nitrogens with zero attached hydrogens (tertiary/aromatic N) is 6. The highest BCUT2D eigenvalue weighted by Gasteiger charge is 2.33. The normalized spacial score (nSPS) is 26.8. The third kappa shape index (κ3) is 1.48. The van der Waals surface area contributed by atoms with Gasteiger partial charge < -0.3 is 4.90 Å². The molecule has 0 aromatic carbocycles. The van der Waals surface area contributed by atoms with E-state index in [2.05, 4.69) is 37.7 Å². The van der Waals surface area contributed by atoms with E-state index in [9.17, 15) is 0 Å². The molecule has 3 heterocycles. The summed E-state index contributed by atoms with van der Waals surface area (Å²) in [7, 11) is 0. The Kier molecular flexibility index (Phi) is 2.09. The molecule has 1 aliphatic heterocycles. The molecule has 0 saturated carbocycles. The molecule has 0 spiro atoms. The van der Waals surface area contributed by atoms with E-state index < -0.39 is 0 Å². The number of rotatable bonds is 1. The van der Waals surface area contributed by atoms with Crippen LogP contribution in [0.15, 0.2) is 24.3 Å².